The van der Waals surface area contributed by atoms with Crippen LogP contribution in [0.5, 0.6) is 0 Å². The van der Waals surface area contributed by atoms with Gasteiger partial charge in [0, 0.05) is 22.6 Å². The molecule has 24 heavy (non-hydrogen) atoms. The molecular formula is C16H11ClN2O3S2. The Morgan fingerprint density at radius 3 is 2.83 bits per heavy atom. The first kappa shape index (κ1) is 16.8. The van der Waals surface area contributed by atoms with Gasteiger partial charge in [0.15, 0.2) is 0 Å². The molecule has 5 nitrogen and oxygen atoms in total. The molecule has 0 bridgehead atoms. The topological polar surface area (TPSA) is 62.5 Å². The molecule has 1 aromatic heterocycles. The number of amides is 1. The van der Waals surface area contributed by atoms with Crippen LogP contribution in [0.1, 0.15) is 5.69 Å². The van der Waals surface area contributed by atoms with Crippen LogP contribution in [0, 0.1) is 0 Å². The van der Waals surface area contributed by atoms with Crippen LogP contribution in [0.2, 0.25) is 5.02 Å². The highest BCUT2D eigenvalue weighted by Crippen LogP contribution is 2.32. The summed E-state index contributed by atoms with van der Waals surface area (Å²) in [5.41, 5.74) is 1.63. The van der Waals surface area contributed by atoms with Gasteiger partial charge in [-0.2, -0.15) is 0 Å². The Kier molecular flexibility index (Phi) is 4.75. The number of carboxylic acids is 1. The van der Waals surface area contributed by atoms with E-state index in [1.54, 1.807) is 12.1 Å². The van der Waals surface area contributed by atoms with E-state index in [0.717, 1.165) is 28.0 Å². The molecule has 0 aliphatic carbocycles. The zero-order valence-electron chi connectivity index (χ0n) is 12.2. The van der Waals surface area contributed by atoms with E-state index in [1.165, 1.54) is 0 Å². The summed E-state index contributed by atoms with van der Waals surface area (Å²) < 4.78 is 2.13. The SMILES string of the molecule is O=C(O)CN1C(=O)C(=Cc2cccn2-c2cccc(Cl)c2)SC1=S. The number of aromatic nitrogens is 1. The van der Waals surface area contributed by atoms with Gasteiger partial charge in [-0.15, -0.1) is 0 Å². The third-order valence-electron chi connectivity index (χ3n) is 3.31. The van der Waals surface area contributed by atoms with E-state index in [1.807, 2.05) is 41.1 Å². The van der Waals surface area contributed by atoms with Crippen molar-refractivity contribution in [2.75, 3.05) is 6.54 Å². The predicted octanol–water partition coefficient (Wildman–Crippen LogP) is 3.42. The van der Waals surface area contributed by atoms with Crippen LogP contribution < -0.4 is 0 Å². The number of carbonyl (C=O) groups is 2. The molecule has 1 amide bonds. The van der Waals surface area contributed by atoms with Crippen molar-refractivity contribution in [1.82, 2.24) is 9.47 Å². The predicted molar refractivity (Wildman–Crippen MR) is 98.3 cm³/mol. The van der Waals surface area contributed by atoms with Gasteiger partial charge in [-0.05, 0) is 36.4 Å². The van der Waals surface area contributed by atoms with E-state index in [4.69, 9.17) is 28.9 Å². The summed E-state index contributed by atoms with van der Waals surface area (Å²) in [6, 6.07) is 11.0. The second-order valence-electron chi connectivity index (χ2n) is 4.94. The number of hydrogen-bond acceptors (Lipinski definition) is 4. The van der Waals surface area contributed by atoms with Crippen molar-refractivity contribution in [3.63, 3.8) is 0 Å². The third kappa shape index (κ3) is 3.38. The van der Waals surface area contributed by atoms with Gasteiger partial charge >= 0.3 is 5.97 Å². The minimum atomic E-state index is -1.10. The number of thiocarbonyl (C=S) groups is 1. The Morgan fingerprint density at radius 2 is 2.12 bits per heavy atom. The van der Waals surface area contributed by atoms with Gasteiger partial charge in [-0.3, -0.25) is 14.5 Å². The van der Waals surface area contributed by atoms with Crippen LogP contribution in [0.25, 0.3) is 11.8 Å². The molecule has 0 spiro atoms. The van der Waals surface area contributed by atoms with Crippen molar-refractivity contribution >= 4 is 57.9 Å². The molecule has 1 aliphatic heterocycles. The van der Waals surface area contributed by atoms with Gasteiger partial charge < -0.3 is 9.67 Å². The average Bonchev–Trinajstić information content (AvgIpc) is 3.08. The molecule has 2 heterocycles. The number of hydrogen-bond donors (Lipinski definition) is 1. The van der Waals surface area contributed by atoms with Gasteiger partial charge in [0.2, 0.25) is 0 Å². The first-order chi connectivity index (χ1) is 11.5. The Labute approximate surface area is 152 Å². The molecule has 1 aliphatic rings. The lowest BCUT2D eigenvalue weighted by Gasteiger charge is -2.10. The molecule has 0 unspecified atom stereocenters. The molecule has 1 saturated heterocycles. The van der Waals surface area contributed by atoms with E-state index in [9.17, 15) is 9.59 Å². The van der Waals surface area contributed by atoms with E-state index in [0.29, 0.717) is 9.93 Å². The van der Waals surface area contributed by atoms with Crippen LogP contribution in [0.4, 0.5) is 0 Å². The van der Waals surface area contributed by atoms with Crippen molar-refractivity contribution in [2.24, 2.45) is 0 Å². The molecule has 1 fully saturated rings. The van der Waals surface area contributed by atoms with E-state index < -0.39 is 18.4 Å². The summed E-state index contributed by atoms with van der Waals surface area (Å²) in [4.78, 5) is 24.7. The number of rotatable bonds is 4. The third-order valence-corrected chi connectivity index (χ3v) is 4.93. The molecule has 0 saturated carbocycles. The fourth-order valence-corrected chi connectivity index (χ4v) is 3.70. The number of thioether (sulfide) groups is 1. The summed E-state index contributed by atoms with van der Waals surface area (Å²) in [6.45, 7) is -0.433. The monoisotopic (exact) mass is 378 g/mol. The van der Waals surface area contributed by atoms with Gasteiger partial charge in [0.05, 0.1) is 4.91 Å². The van der Waals surface area contributed by atoms with Gasteiger partial charge in [0.25, 0.3) is 5.91 Å². The molecule has 8 heteroatoms. The Bertz CT molecular complexity index is 876. The van der Waals surface area contributed by atoms with Crippen molar-refractivity contribution < 1.29 is 14.7 Å². The number of benzene rings is 1. The summed E-state index contributed by atoms with van der Waals surface area (Å²) >= 11 is 12.2. The van der Waals surface area contributed by atoms with Crippen molar-refractivity contribution in [3.8, 4) is 5.69 Å². The normalized spacial score (nSPS) is 16.2. The van der Waals surface area contributed by atoms with Crippen LogP contribution in [-0.2, 0) is 9.59 Å². The highest BCUT2D eigenvalue weighted by Gasteiger charge is 2.33. The minimum absolute atomic E-state index is 0.245. The molecule has 0 radical (unpaired) electrons. The first-order valence-corrected chi connectivity index (χ1v) is 8.46. The first-order valence-electron chi connectivity index (χ1n) is 6.86. The fraction of sp³-hybridized carbons (Fsp3) is 0.0625. The van der Waals surface area contributed by atoms with Crippen LogP contribution in [-0.4, -0.2) is 37.3 Å². The smallest absolute Gasteiger partial charge is 0.323 e. The lowest BCUT2D eigenvalue weighted by molar-refractivity contribution is -0.140. The van der Waals surface area contributed by atoms with Gasteiger partial charge in [-0.1, -0.05) is 41.6 Å². The molecule has 122 valence electrons. The molecule has 2 aromatic rings. The highest BCUT2D eigenvalue weighted by molar-refractivity contribution is 8.26. The lowest BCUT2D eigenvalue weighted by Crippen LogP contribution is -2.33. The van der Waals surface area contributed by atoms with Crippen molar-refractivity contribution in [2.45, 2.75) is 0 Å². The maximum atomic E-state index is 12.3. The van der Waals surface area contributed by atoms with Crippen molar-refractivity contribution in [3.05, 3.63) is 58.2 Å². The average molecular weight is 379 g/mol. The quantitative estimate of drug-likeness (QED) is 0.652. The zero-order valence-corrected chi connectivity index (χ0v) is 14.6. The largest absolute Gasteiger partial charge is 0.480 e. The van der Waals surface area contributed by atoms with E-state index in [2.05, 4.69) is 0 Å². The second-order valence-corrected chi connectivity index (χ2v) is 7.06. The number of aliphatic carboxylic acids is 1. The number of nitrogens with zero attached hydrogens (tertiary/aromatic N) is 2. The fourth-order valence-electron chi connectivity index (χ4n) is 2.28. The van der Waals surface area contributed by atoms with Gasteiger partial charge in [0.1, 0.15) is 10.9 Å². The summed E-state index contributed by atoms with van der Waals surface area (Å²) in [5.74, 6) is -1.50. The standard InChI is InChI=1S/C16H11ClN2O3S2/c17-10-3-1-4-11(7-10)18-6-2-5-12(18)8-13-15(22)19(9-14(20)21)16(23)24-13/h1-8H,9H2,(H,20,21). The minimum Gasteiger partial charge on any atom is -0.480 e. The van der Waals surface area contributed by atoms with Crippen LogP contribution >= 0.6 is 35.6 Å². The molecule has 0 atom stereocenters. The molecular weight excluding hydrogens is 368 g/mol. The second kappa shape index (κ2) is 6.80. The Balaban J connectivity index is 1.93. The maximum Gasteiger partial charge on any atom is 0.323 e. The van der Waals surface area contributed by atoms with E-state index >= 15 is 0 Å². The summed E-state index contributed by atoms with van der Waals surface area (Å²) in [7, 11) is 0. The maximum absolute atomic E-state index is 12.3. The van der Waals surface area contributed by atoms with Crippen molar-refractivity contribution in [1.29, 1.82) is 0 Å². The molecule has 1 N–H and O–H groups in total. The number of halogens is 1. The van der Waals surface area contributed by atoms with Crippen LogP contribution in [0.15, 0.2) is 47.5 Å². The van der Waals surface area contributed by atoms with E-state index in [-0.39, 0.29) is 4.32 Å². The van der Waals surface area contributed by atoms with Gasteiger partial charge in [-0.25, -0.2) is 0 Å². The Morgan fingerprint density at radius 1 is 1.33 bits per heavy atom. The number of carboxylic acid groups (broad SMARTS) is 1. The lowest BCUT2D eigenvalue weighted by atomic mass is 10.3. The zero-order chi connectivity index (χ0) is 17.3. The summed E-state index contributed by atoms with van der Waals surface area (Å²) in [5, 5.41) is 9.48. The Hall–Kier alpha value is -2.09. The number of carbonyl (C=O) groups excluding carboxylic acids is 1. The van der Waals surface area contributed by atoms with Crippen LogP contribution in [0.3, 0.4) is 0 Å². The molecule has 3 rings (SSSR count). The molecule has 1 aromatic carbocycles. The summed E-state index contributed by atoms with van der Waals surface area (Å²) in [6.07, 6.45) is 3.55. The highest BCUT2D eigenvalue weighted by atomic mass is 35.5.